The predicted molar refractivity (Wildman–Crippen MR) is 115 cm³/mol. The average Bonchev–Trinajstić information content (AvgIpc) is 3.60. The minimum atomic E-state index is -1.06. The summed E-state index contributed by atoms with van der Waals surface area (Å²) in [5.74, 6) is -0.959. The van der Waals surface area contributed by atoms with E-state index in [0.717, 1.165) is 25.7 Å². The Morgan fingerprint density at radius 2 is 1.69 bits per heavy atom. The highest BCUT2D eigenvalue weighted by atomic mass is 16.5. The van der Waals surface area contributed by atoms with E-state index in [0.29, 0.717) is 17.0 Å². The molecule has 0 bridgehead atoms. The second-order valence-electron chi connectivity index (χ2n) is 7.60. The van der Waals surface area contributed by atoms with Gasteiger partial charge in [-0.2, -0.15) is 0 Å². The highest BCUT2D eigenvalue weighted by Crippen LogP contribution is 2.31. The summed E-state index contributed by atoms with van der Waals surface area (Å²) >= 11 is 0. The van der Waals surface area contributed by atoms with Crippen molar-refractivity contribution < 1.29 is 28.0 Å². The van der Waals surface area contributed by atoms with Crippen molar-refractivity contribution in [3.8, 4) is 0 Å². The summed E-state index contributed by atoms with van der Waals surface area (Å²) in [5.41, 5.74) is 0.730. The molecule has 1 saturated carbocycles. The van der Waals surface area contributed by atoms with Crippen molar-refractivity contribution in [1.82, 2.24) is 5.32 Å². The highest BCUT2D eigenvalue weighted by molar-refractivity contribution is 6.08. The first kappa shape index (κ1) is 21.4. The van der Waals surface area contributed by atoms with Crippen LogP contribution >= 0.6 is 0 Å². The zero-order chi connectivity index (χ0) is 22.5. The molecule has 0 saturated heterocycles. The van der Waals surface area contributed by atoms with Gasteiger partial charge in [0, 0.05) is 11.7 Å². The van der Waals surface area contributed by atoms with Gasteiger partial charge in [-0.05, 0) is 61.4 Å². The second kappa shape index (κ2) is 9.55. The van der Waals surface area contributed by atoms with Crippen LogP contribution in [0.3, 0.4) is 0 Å². The maximum Gasteiger partial charge on any atom is 0.337 e. The second-order valence-corrected chi connectivity index (χ2v) is 7.60. The van der Waals surface area contributed by atoms with Gasteiger partial charge in [0.2, 0.25) is 0 Å². The Morgan fingerprint density at radius 1 is 1.00 bits per heavy atom. The van der Waals surface area contributed by atoms with Gasteiger partial charge < -0.3 is 18.9 Å². The molecule has 8 heteroatoms. The number of furan rings is 2. The number of ether oxygens (including phenoxy) is 1. The monoisotopic (exact) mass is 436 g/mol. The van der Waals surface area contributed by atoms with Crippen molar-refractivity contribution >= 4 is 23.5 Å². The molecule has 1 aliphatic rings. The van der Waals surface area contributed by atoms with Crippen LogP contribution in [-0.4, -0.2) is 30.9 Å². The van der Waals surface area contributed by atoms with Crippen LogP contribution < -0.4 is 10.2 Å². The van der Waals surface area contributed by atoms with Crippen molar-refractivity contribution in [2.24, 2.45) is 0 Å². The maximum atomic E-state index is 13.5. The van der Waals surface area contributed by atoms with Crippen LogP contribution in [-0.2, 0) is 9.53 Å². The lowest BCUT2D eigenvalue weighted by Crippen LogP contribution is -2.46. The van der Waals surface area contributed by atoms with E-state index >= 15 is 0 Å². The zero-order valence-electron chi connectivity index (χ0n) is 17.7. The van der Waals surface area contributed by atoms with Crippen molar-refractivity contribution in [2.75, 3.05) is 12.0 Å². The van der Waals surface area contributed by atoms with E-state index in [1.54, 1.807) is 30.3 Å². The van der Waals surface area contributed by atoms with E-state index in [1.807, 2.05) is 0 Å². The fraction of sp³-hybridized carbons (Fsp3) is 0.292. The number of carbonyl (C=O) groups excluding carboxylic acids is 3. The molecule has 1 fully saturated rings. The Morgan fingerprint density at radius 3 is 2.28 bits per heavy atom. The summed E-state index contributed by atoms with van der Waals surface area (Å²) in [4.78, 5) is 40.1. The first-order valence-corrected chi connectivity index (χ1v) is 10.5. The van der Waals surface area contributed by atoms with Crippen LogP contribution in [0.5, 0.6) is 0 Å². The van der Waals surface area contributed by atoms with Gasteiger partial charge in [0.25, 0.3) is 11.8 Å². The number of hydrogen-bond donors (Lipinski definition) is 1. The summed E-state index contributed by atoms with van der Waals surface area (Å²) < 4.78 is 15.6. The topological polar surface area (TPSA) is 102 Å². The van der Waals surface area contributed by atoms with Gasteiger partial charge in [-0.1, -0.05) is 12.8 Å². The third-order valence-electron chi connectivity index (χ3n) is 5.54. The first-order chi connectivity index (χ1) is 15.6. The average molecular weight is 436 g/mol. The van der Waals surface area contributed by atoms with Crippen molar-refractivity contribution in [3.05, 3.63) is 78.1 Å². The molecule has 1 atom stereocenters. The smallest absolute Gasteiger partial charge is 0.337 e. The first-order valence-electron chi connectivity index (χ1n) is 10.5. The molecule has 166 valence electrons. The molecular weight excluding hydrogens is 412 g/mol. The van der Waals surface area contributed by atoms with Crippen LogP contribution in [0.15, 0.2) is 69.9 Å². The van der Waals surface area contributed by atoms with Crippen molar-refractivity contribution in [3.63, 3.8) is 0 Å². The summed E-state index contributed by atoms with van der Waals surface area (Å²) in [5, 5.41) is 3.06. The Balaban J connectivity index is 1.75. The minimum absolute atomic E-state index is 0.0576. The summed E-state index contributed by atoms with van der Waals surface area (Å²) in [6, 6.07) is 11.7. The minimum Gasteiger partial charge on any atom is -0.467 e. The molecule has 4 rings (SSSR count). The van der Waals surface area contributed by atoms with Crippen LogP contribution in [0.1, 0.15) is 58.4 Å². The largest absolute Gasteiger partial charge is 0.467 e. The number of amides is 2. The van der Waals surface area contributed by atoms with Crippen LogP contribution in [0.25, 0.3) is 0 Å². The van der Waals surface area contributed by atoms with Crippen molar-refractivity contribution in [2.45, 2.75) is 37.8 Å². The SMILES string of the molecule is COC(=O)c1ccc(N(C(=O)c2ccco2)[C@H](C(=O)NC2CCCC2)c2ccco2)cc1. The molecule has 2 amide bonds. The van der Waals surface area contributed by atoms with Gasteiger partial charge in [-0.3, -0.25) is 14.5 Å². The summed E-state index contributed by atoms with van der Waals surface area (Å²) in [6.45, 7) is 0. The molecular formula is C24H24N2O6. The predicted octanol–water partition coefficient (Wildman–Crippen LogP) is 4.11. The normalized spacial score (nSPS) is 14.7. The molecule has 2 heterocycles. The highest BCUT2D eigenvalue weighted by Gasteiger charge is 2.37. The Kier molecular flexibility index (Phi) is 6.39. The van der Waals surface area contributed by atoms with E-state index in [9.17, 15) is 14.4 Å². The van der Waals surface area contributed by atoms with Gasteiger partial charge in [0.05, 0.1) is 25.2 Å². The Bertz CT molecular complexity index is 1050. The molecule has 2 aromatic heterocycles. The zero-order valence-corrected chi connectivity index (χ0v) is 17.7. The van der Waals surface area contributed by atoms with Gasteiger partial charge in [0.1, 0.15) is 5.76 Å². The summed E-state index contributed by atoms with van der Waals surface area (Å²) in [7, 11) is 1.29. The Labute approximate surface area is 185 Å². The third-order valence-corrected chi connectivity index (χ3v) is 5.54. The number of nitrogens with zero attached hydrogens (tertiary/aromatic N) is 1. The number of methoxy groups -OCH3 is 1. The van der Waals surface area contributed by atoms with E-state index in [4.69, 9.17) is 13.6 Å². The van der Waals surface area contributed by atoms with E-state index < -0.39 is 17.9 Å². The molecule has 0 spiro atoms. The fourth-order valence-corrected chi connectivity index (χ4v) is 3.95. The van der Waals surface area contributed by atoms with E-state index in [1.165, 1.54) is 42.7 Å². The molecule has 3 aromatic rings. The van der Waals surface area contributed by atoms with Crippen molar-refractivity contribution in [1.29, 1.82) is 0 Å². The fourth-order valence-electron chi connectivity index (χ4n) is 3.95. The number of esters is 1. The molecule has 0 unspecified atom stereocenters. The number of carbonyl (C=O) groups is 3. The number of rotatable bonds is 7. The maximum absolute atomic E-state index is 13.5. The van der Waals surface area contributed by atoms with Gasteiger partial charge in [0.15, 0.2) is 11.8 Å². The lowest BCUT2D eigenvalue weighted by atomic mass is 10.1. The lowest BCUT2D eigenvalue weighted by molar-refractivity contribution is -0.123. The van der Waals surface area contributed by atoms with Crippen LogP contribution in [0, 0.1) is 0 Å². The van der Waals surface area contributed by atoms with Gasteiger partial charge >= 0.3 is 5.97 Å². The van der Waals surface area contributed by atoms with Crippen LogP contribution in [0.4, 0.5) is 5.69 Å². The number of hydrogen-bond acceptors (Lipinski definition) is 6. The number of nitrogens with one attached hydrogen (secondary N) is 1. The lowest BCUT2D eigenvalue weighted by Gasteiger charge is -2.30. The Hall–Kier alpha value is -3.81. The molecule has 1 aromatic carbocycles. The molecule has 8 nitrogen and oxygen atoms in total. The molecule has 1 aliphatic carbocycles. The van der Waals surface area contributed by atoms with Gasteiger partial charge in [-0.25, -0.2) is 4.79 Å². The standard InChI is InChI=1S/C24H24N2O6/c1-30-24(29)16-10-12-18(13-11-16)26(23(28)20-9-5-15-32-20)21(19-8-4-14-31-19)22(27)25-17-6-2-3-7-17/h4-5,8-15,17,21H,2-3,6-7H2,1H3,(H,25,27)/t21-/m0/s1. The van der Waals surface area contributed by atoms with E-state index in [-0.39, 0.29) is 17.7 Å². The number of anilines is 1. The molecule has 32 heavy (non-hydrogen) atoms. The van der Waals surface area contributed by atoms with Gasteiger partial charge in [-0.15, -0.1) is 0 Å². The molecule has 1 N–H and O–H groups in total. The van der Waals surface area contributed by atoms with E-state index in [2.05, 4.69) is 5.32 Å². The number of benzene rings is 1. The quantitative estimate of drug-likeness (QED) is 0.560. The molecule has 0 radical (unpaired) electrons. The van der Waals surface area contributed by atoms with Crippen LogP contribution in [0.2, 0.25) is 0 Å². The summed E-state index contributed by atoms with van der Waals surface area (Å²) in [6.07, 6.45) is 6.77. The third kappa shape index (κ3) is 4.44. The molecule has 0 aliphatic heterocycles.